The van der Waals surface area contributed by atoms with Gasteiger partial charge < -0.3 is 10.5 Å². The second-order valence-electron chi connectivity index (χ2n) is 4.00. The van der Waals surface area contributed by atoms with Gasteiger partial charge in [0, 0.05) is 10.9 Å². The van der Waals surface area contributed by atoms with Gasteiger partial charge in [0.15, 0.2) is 0 Å². The Kier molecular flexibility index (Phi) is 4.20. The number of ether oxygens (including phenoxy) is 1. The Morgan fingerprint density at radius 1 is 1.40 bits per heavy atom. The van der Waals surface area contributed by atoms with Gasteiger partial charge in [0.25, 0.3) is 0 Å². The van der Waals surface area contributed by atoms with E-state index >= 15 is 0 Å². The first-order chi connectivity index (χ1) is 7.25. The summed E-state index contributed by atoms with van der Waals surface area (Å²) in [7, 11) is 0. The molecule has 0 spiro atoms. The van der Waals surface area contributed by atoms with Crippen LogP contribution in [0.2, 0.25) is 0 Å². The third kappa shape index (κ3) is 3.28. The van der Waals surface area contributed by atoms with Crippen LogP contribution in [0, 0.1) is 0 Å². The standard InChI is InChI=1S/C11H16BrNOS/c12-11-6-5-8(15-11)7-14-10-4-2-1-3-9(10)13/h5-6,9-10H,1-4,7,13H2. The predicted molar refractivity (Wildman–Crippen MR) is 67.0 cm³/mol. The van der Waals surface area contributed by atoms with Gasteiger partial charge in [-0.2, -0.15) is 0 Å². The number of nitrogens with two attached hydrogens (primary N) is 1. The molecule has 1 aromatic heterocycles. The van der Waals surface area contributed by atoms with E-state index in [0.29, 0.717) is 6.61 Å². The molecular weight excluding hydrogens is 274 g/mol. The molecule has 2 N–H and O–H groups in total. The molecule has 2 unspecified atom stereocenters. The average Bonchev–Trinajstić information content (AvgIpc) is 2.63. The molecule has 1 fully saturated rings. The Hall–Kier alpha value is 0.1000. The van der Waals surface area contributed by atoms with Crippen molar-refractivity contribution in [1.29, 1.82) is 0 Å². The van der Waals surface area contributed by atoms with E-state index in [1.54, 1.807) is 11.3 Å². The lowest BCUT2D eigenvalue weighted by molar-refractivity contribution is 0.00530. The zero-order valence-electron chi connectivity index (χ0n) is 8.62. The lowest BCUT2D eigenvalue weighted by atomic mass is 9.93. The van der Waals surface area contributed by atoms with Crippen LogP contribution in [-0.4, -0.2) is 12.1 Å². The van der Waals surface area contributed by atoms with Crippen molar-refractivity contribution in [3.05, 3.63) is 20.8 Å². The molecule has 0 bridgehead atoms. The summed E-state index contributed by atoms with van der Waals surface area (Å²) in [6, 6.07) is 4.40. The van der Waals surface area contributed by atoms with Crippen LogP contribution in [0.1, 0.15) is 30.6 Å². The fraction of sp³-hybridized carbons (Fsp3) is 0.636. The van der Waals surface area contributed by atoms with Gasteiger partial charge in [-0.25, -0.2) is 0 Å². The van der Waals surface area contributed by atoms with Crippen molar-refractivity contribution in [3.63, 3.8) is 0 Å². The van der Waals surface area contributed by atoms with Gasteiger partial charge in [0.2, 0.25) is 0 Å². The highest BCUT2D eigenvalue weighted by Gasteiger charge is 2.22. The minimum Gasteiger partial charge on any atom is -0.371 e. The predicted octanol–water partition coefficient (Wildman–Crippen LogP) is 3.30. The van der Waals surface area contributed by atoms with Crippen LogP contribution < -0.4 is 5.73 Å². The first kappa shape index (κ1) is 11.6. The van der Waals surface area contributed by atoms with Crippen LogP contribution in [0.25, 0.3) is 0 Å². The van der Waals surface area contributed by atoms with E-state index in [9.17, 15) is 0 Å². The van der Waals surface area contributed by atoms with Crippen molar-refractivity contribution in [2.45, 2.75) is 44.4 Å². The van der Waals surface area contributed by atoms with Gasteiger partial charge in [-0.15, -0.1) is 11.3 Å². The van der Waals surface area contributed by atoms with Crippen molar-refractivity contribution >= 4 is 27.3 Å². The Balaban J connectivity index is 1.81. The summed E-state index contributed by atoms with van der Waals surface area (Å²) < 4.78 is 7.02. The molecule has 1 aromatic rings. The van der Waals surface area contributed by atoms with Crippen molar-refractivity contribution < 1.29 is 4.74 Å². The number of hydrogen-bond acceptors (Lipinski definition) is 3. The van der Waals surface area contributed by atoms with Crippen molar-refractivity contribution in [2.75, 3.05) is 0 Å². The summed E-state index contributed by atoms with van der Waals surface area (Å²) in [6.07, 6.45) is 5.00. The van der Waals surface area contributed by atoms with Crippen LogP contribution in [0.3, 0.4) is 0 Å². The first-order valence-electron chi connectivity index (χ1n) is 5.37. The van der Waals surface area contributed by atoms with E-state index in [0.717, 1.165) is 16.6 Å². The molecule has 0 amide bonds. The van der Waals surface area contributed by atoms with Crippen LogP contribution in [0.15, 0.2) is 15.9 Å². The van der Waals surface area contributed by atoms with E-state index < -0.39 is 0 Å². The topological polar surface area (TPSA) is 35.2 Å². The second-order valence-corrected chi connectivity index (χ2v) is 6.55. The monoisotopic (exact) mass is 289 g/mol. The van der Waals surface area contributed by atoms with E-state index in [2.05, 4.69) is 28.1 Å². The highest BCUT2D eigenvalue weighted by molar-refractivity contribution is 9.11. The SMILES string of the molecule is NC1CCCCC1OCc1ccc(Br)s1. The van der Waals surface area contributed by atoms with Crippen molar-refractivity contribution in [2.24, 2.45) is 5.73 Å². The van der Waals surface area contributed by atoms with Crippen molar-refractivity contribution in [1.82, 2.24) is 0 Å². The molecule has 1 aliphatic rings. The maximum absolute atomic E-state index is 6.02. The molecular formula is C11H16BrNOS. The summed E-state index contributed by atoms with van der Waals surface area (Å²) in [5.74, 6) is 0. The molecule has 2 nitrogen and oxygen atoms in total. The Labute approximate surface area is 103 Å². The molecule has 15 heavy (non-hydrogen) atoms. The molecule has 2 atom stereocenters. The molecule has 0 saturated heterocycles. The maximum atomic E-state index is 6.02. The maximum Gasteiger partial charge on any atom is 0.0814 e. The smallest absolute Gasteiger partial charge is 0.0814 e. The molecule has 1 heterocycles. The van der Waals surface area contributed by atoms with Crippen LogP contribution >= 0.6 is 27.3 Å². The Morgan fingerprint density at radius 3 is 2.87 bits per heavy atom. The highest BCUT2D eigenvalue weighted by Crippen LogP contribution is 2.25. The molecule has 2 rings (SSSR count). The average molecular weight is 290 g/mol. The minimum absolute atomic E-state index is 0.238. The van der Waals surface area contributed by atoms with Gasteiger partial charge in [-0.1, -0.05) is 12.8 Å². The van der Waals surface area contributed by atoms with E-state index in [1.165, 1.54) is 17.7 Å². The largest absolute Gasteiger partial charge is 0.371 e. The molecule has 0 aliphatic heterocycles. The Morgan fingerprint density at radius 2 is 2.20 bits per heavy atom. The van der Waals surface area contributed by atoms with E-state index in [4.69, 9.17) is 10.5 Å². The van der Waals surface area contributed by atoms with E-state index in [1.807, 2.05) is 0 Å². The first-order valence-corrected chi connectivity index (χ1v) is 6.98. The summed E-state index contributed by atoms with van der Waals surface area (Å²) in [6.45, 7) is 0.703. The molecule has 0 aromatic carbocycles. The van der Waals surface area contributed by atoms with Gasteiger partial charge in [-0.05, 0) is 40.9 Å². The summed E-state index contributed by atoms with van der Waals surface area (Å²) in [5, 5.41) is 0. The lowest BCUT2D eigenvalue weighted by Gasteiger charge is -2.28. The minimum atomic E-state index is 0.238. The van der Waals surface area contributed by atoms with Gasteiger partial charge in [-0.3, -0.25) is 0 Å². The molecule has 0 radical (unpaired) electrons. The third-order valence-corrected chi connectivity index (χ3v) is 4.42. The number of thiophene rings is 1. The van der Waals surface area contributed by atoms with Crippen LogP contribution in [-0.2, 0) is 11.3 Å². The molecule has 1 aliphatic carbocycles. The zero-order chi connectivity index (χ0) is 10.7. The summed E-state index contributed by atoms with van der Waals surface area (Å²) >= 11 is 5.18. The second kappa shape index (κ2) is 5.43. The number of hydrogen-bond donors (Lipinski definition) is 1. The summed E-state index contributed by atoms with van der Waals surface area (Å²) in [5.41, 5.74) is 6.02. The zero-order valence-corrected chi connectivity index (χ0v) is 11.0. The normalized spacial score (nSPS) is 26.8. The number of rotatable bonds is 3. The van der Waals surface area contributed by atoms with Crippen molar-refractivity contribution in [3.8, 4) is 0 Å². The van der Waals surface area contributed by atoms with Crippen LogP contribution in [0.5, 0.6) is 0 Å². The fourth-order valence-corrected chi connectivity index (χ4v) is 3.36. The lowest BCUT2D eigenvalue weighted by Crippen LogP contribution is -2.39. The van der Waals surface area contributed by atoms with Gasteiger partial charge >= 0.3 is 0 Å². The number of halogens is 1. The van der Waals surface area contributed by atoms with Crippen LogP contribution in [0.4, 0.5) is 0 Å². The summed E-state index contributed by atoms with van der Waals surface area (Å²) in [4.78, 5) is 1.26. The quantitative estimate of drug-likeness (QED) is 0.927. The van der Waals surface area contributed by atoms with Gasteiger partial charge in [0.1, 0.15) is 0 Å². The Bertz CT molecular complexity index is 315. The molecule has 4 heteroatoms. The molecule has 84 valence electrons. The molecule has 1 saturated carbocycles. The highest BCUT2D eigenvalue weighted by atomic mass is 79.9. The fourth-order valence-electron chi connectivity index (χ4n) is 1.95. The third-order valence-electron chi connectivity index (χ3n) is 2.82. The van der Waals surface area contributed by atoms with Gasteiger partial charge in [0.05, 0.1) is 16.5 Å². The van der Waals surface area contributed by atoms with E-state index in [-0.39, 0.29) is 12.1 Å².